The van der Waals surface area contributed by atoms with E-state index in [4.69, 9.17) is 4.74 Å². The highest BCUT2D eigenvalue weighted by Crippen LogP contribution is 2.24. The standard InChI is InChI=1S/C12H18N2O/c1-3-9-6-7-14-12(8-9)15-11-5-4-10(11)13-2/h6-8,10-11,13H,3-5H2,1-2H3/t10-,11-/m0/s1. The van der Waals surface area contributed by atoms with E-state index in [1.165, 1.54) is 12.0 Å². The second-order valence-corrected chi connectivity index (χ2v) is 3.98. The second kappa shape index (κ2) is 4.62. The van der Waals surface area contributed by atoms with Gasteiger partial charge < -0.3 is 10.1 Å². The molecule has 0 spiro atoms. The van der Waals surface area contributed by atoms with Gasteiger partial charge in [0.15, 0.2) is 0 Å². The van der Waals surface area contributed by atoms with Gasteiger partial charge in [0.1, 0.15) is 6.10 Å². The maximum atomic E-state index is 5.82. The lowest BCUT2D eigenvalue weighted by Gasteiger charge is -2.35. The van der Waals surface area contributed by atoms with Gasteiger partial charge in [-0.2, -0.15) is 0 Å². The minimum Gasteiger partial charge on any atom is -0.473 e. The normalized spacial score (nSPS) is 24.7. The highest BCUT2D eigenvalue weighted by Gasteiger charge is 2.31. The molecule has 15 heavy (non-hydrogen) atoms. The van der Waals surface area contributed by atoms with E-state index in [1.807, 2.05) is 25.4 Å². The van der Waals surface area contributed by atoms with Crippen molar-refractivity contribution in [3.63, 3.8) is 0 Å². The third-order valence-electron chi connectivity index (χ3n) is 3.06. The van der Waals surface area contributed by atoms with E-state index in [2.05, 4.69) is 17.2 Å². The summed E-state index contributed by atoms with van der Waals surface area (Å²) < 4.78 is 5.82. The first-order valence-corrected chi connectivity index (χ1v) is 5.62. The van der Waals surface area contributed by atoms with Gasteiger partial charge in [-0.15, -0.1) is 0 Å². The largest absolute Gasteiger partial charge is 0.473 e. The highest BCUT2D eigenvalue weighted by atomic mass is 16.5. The molecule has 0 aromatic carbocycles. The van der Waals surface area contributed by atoms with E-state index >= 15 is 0 Å². The van der Waals surface area contributed by atoms with Crippen LogP contribution in [-0.4, -0.2) is 24.2 Å². The number of aromatic nitrogens is 1. The molecular weight excluding hydrogens is 188 g/mol. The van der Waals surface area contributed by atoms with Crippen LogP contribution >= 0.6 is 0 Å². The first-order valence-electron chi connectivity index (χ1n) is 5.62. The van der Waals surface area contributed by atoms with Gasteiger partial charge in [0, 0.05) is 18.3 Å². The molecule has 0 amide bonds. The van der Waals surface area contributed by atoms with Gasteiger partial charge in [-0.1, -0.05) is 6.92 Å². The van der Waals surface area contributed by atoms with Gasteiger partial charge in [-0.3, -0.25) is 0 Å². The molecule has 82 valence electrons. The Morgan fingerprint density at radius 3 is 3.00 bits per heavy atom. The van der Waals surface area contributed by atoms with Gasteiger partial charge in [-0.05, 0) is 37.9 Å². The maximum absolute atomic E-state index is 5.82. The third kappa shape index (κ3) is 2.29. The van der Waals surface area contributed by atoms with Crippen molar-refractivity contribution >= 4 is 0 Å². The van der Waals surface area contributed by atoms with Gasteiger partial charge in [0.05, 0.1) is 0 Å². The molecule has 1 fully saturated rings. The molecule has 1 heterocycles. The Labute approximate surface area is 90.9 Å². The fourth-order valence-electron chi connectivity index (χ4n) is 1.83. The number of nitrogens with one attached hydrogen (secondary N) is 1. The Bertz CT molecular complexity index is 325. The average Bonchev–Trinajstić information content (AvgIpc) is 2.25. The zero-order chi connectivity index (χ0) is 10.7. The lowest BCUT2D eigenvalue weighted by atomic mass is 9.89. The van der Waals surface area contributed by atoms with Crippen LogP contribution in [0.2, 0.25) is 0 Å². The van der Waals surface area contributed by atoms with Crippen molar-refractivity contribution in [2.45, 2.75) is 38.3 Å². The number of pyridine rings is 1. The molecule has 2 atom stereocenters. The van der Waals surface area contributed by atoms with Crippen LogP contribution in [0.15, 0.2) is 18.3 Å². The lowest BCUT2D eigenvalue weighted by Crippen LogP contribution is -2.49. The van der Waals surface area contributed by atoms with Gasteiger partial charge in [0.2, 0.25) is 5.88 Å². The molecule has 1 saturated carbocycles. The molecule has 0 bridgehead atoms. The van der Waals surface area contributed by atoms with Crippen LogP contribution in [-0.2, 0) is 6.42 Å². The number of aryl methyl sites for hydroxylation is 1. The van der Waals surface area contributed by atoms with Crippen LogP contribution in [0.5, 0.6) is 5.88 Å². The molecule has 3 nitrogen and oxygen atoms in total. The smallest absolute Gasteiger partial charge is 0.213 e. The Kier molecular flexibility index (Phi) is 3.21. The SMILES string of the molecule is CCc1ccnc(O[C@H]2CC[C@@H]2NC)c1. The molecule has 2 rings (SSSR count). The van der Waals surface area contributed by atoms with E-state index in [1.54, 1.807) is 0 Å². The van der Waals surface area contributed by atoms with E-state index in [0.29, 0.717) is 12.1 Å². The van der Waals surface area contributed by atoms with E-state index in [0.717, 1.165) is 18.7 Å². The predicted molar refractivity (Wildman–Crippen MR) is 60.1 cm³/mol. The quantitative estimate of drug-likeness (QED) is 0.815. The molecule has 1 N–H and O–H groups in total. The molecule has 1 aromatic heterocycles. The topological polar surface area (TPSA) is 34.1 Å². The summed E-state index contributed by atoms with van der Waals surface area (Å²) >= 11 is 0. The molecule has 0 unspecified atom stereocenters. The predicted octanol–water partition coefficient (Wildman–Crippen LogP) is 1.77. The van der Waals surface area contributed by atoms with E-state index in [-0.39, 0.29) is 0 Å². The summed E-state index contributed by atoms with van der Waals surface area (Å²) in [4.78, 5) is 4.23. The fourth-order valence-corrected chi connectivity index (χ4v) is 1.83. The monoisotopic (exact) mass is 206 g/mol. The number of hydrogen-bond donors (Lipinski definition) is 1. The van der Waals surface area contributed by atoms with Crippen molar-refractivity contribution in [1.82, 2.24) is 10.3 Å². The van der Waals surface area contributed by atoms with Crippen LogP contribution in [0.1, 0.15) is 25.3 Å². The summed E-state index contributed by atoms with van der Waals surface area (Å²) in [6, 6.07) is 4.56. The summed E-state index contributed by atoms with van der Waals surface area (Å²) in [7, 11) is 1.98. The zero-order valence-corrected chi connectivity index (χ0v) is 9.36. The Morgan fingerprint density at radius 2 is 2.40 bits per heavy atom. The molecule has 0 saturated heterocycles. The minimum absolute atomic E-state index is 0.301. The van der Waals surface area contributed by atoms with Gasteiger partial charge >= 0.3 is 0 Å². The van der Waals surface area contributed by atoms with Crippen LogP contribution < -0.4 is 10.1 Å². The molecule has 0 aliphatic heterocycles. The summed E-state index contributed by atoms with van der Waals surface area (Å²) in [6.45, 7) is 2.14. The number of rotatable bonds is 4. The zero-order valence-electron chi connectivity index (χ0n) is 9.36. The van der Waals surface area contributed by atoms with Crippen LogP contribution in [0.25, 0.3) is 0 Å². The van der Waals surface area contributed by atoms with Crippen molar-refractivity contribution in [1.29, 1.82) is 0 Å². The lowest BCUT2D eigenvalue weighted by molar-refractivity contribution is 0.0725. The van der Waals surface area contributed by atoms with Gasteiger partial charge in [0.25, 0.3) is 0 Å². The summed E-state index contributed by atoms with van der Waals surface area (Å²) in [5.41, 5.74) is 1.28. The number of nitrogens with zero attached hydrogens (tertiary/aromatic N) is 1. The third-order valence-corrected chi connectivity index (χ3v) is 3.06. The molecule has 1 aromatic rings. The Hall–Kier alpha value is -1.09. The fraction of sp³-hybridized carbons (Fsp3) is 0.583. The number of likely N-dealkylation sites (N-methyl/N-ethyl adjacent to an activating group) is 1. The molecule has 1 aliphatic carbocycles. The van der Waals surface area contributed by atoms with Crippen molar-refractivity contribution < 1.29 is 4.74 Å². The molecule has 1 aliphatic rings. The maximum Gasteiger partial charge on any atom is 0.213 e. The molecule has 0 radical (unpaired) electrons. The van der Waals surface area contributed by atoms with Gasteiger partial charge in [-0.25, -0.2) is 4.98 Å². The molecular formula is C12H18N2O. The Morgan fingerprint density at radius 1 is 1.53 bits per heavy atom. The summed E-state index contributed by atoms with van der Waals surface area (Å²) in [5.74, 6) is 0.763. The summed E-state index contributed by atoms with van der Waals surface area (Å²) in [6.07, 6.45) is 5.48. The minimum atomic E-state index is 0.301. The second-order valence-electron chi connectivity index (χ2n) is 3.98. The number of hydrogen-bond acceptors (Lipinski definition) is 3. The van der Waals surface area contributed by atoms with Crippen LogP contribution in [0.3, 0.4) is 0 Å². The first kappa shape index (κ1) is 10.4. The van der Waals surface area contributed by atoms with Crippen molar-refractivity contribution in [2.75, 3.05) is 7.05 Å². The van der Waals surface area contributed by atoms with E-state index in [9.17, 15) is 0 Å². The summed E-state index contributed by atoms with van der Waals surface area (Å²) in [5, 5.41) is 3.25. The highest BCUT2D eigenvalue weighted by molar-refractivity contribution is 5.20. The van der Waals surface area contributed by atoms with Crippen LogP contribution in [0, 0.1) is 0 Å². The Balaban J connectivity index is 1.98. The average molecular weight is 206 g/mol. The van der Waals surface area contributed by atoms with Crippen molar-refractivity contribution in [2.24, 2.45) is 0 Å². The number of ether oxygens (including phenoxy) is 1. The molecule has 3 heteroatoms. The van der Waals surface area contributed by atoms with Crippen molar-refractivity contribution in [3.05, 3.63) is 23.9 Å². The van der Waals surface area contributed by atoms with Crippen molar-refractivity contribution in [3.8, 4) is 5.88 Å². The first-order chi connectivity index (χ1) is 7.33. The van der Waals surface area contributed by atoms with Crippen LogP contribution in [0.4, 0.5) is 0 Å². The van der Waals surface area contributed by atoms with E-state index < -0.39 is 0 Å².